The molecule has 0 fully saturated rings. The van der Waals surface area contributed by atoms with E-state index in [-0.39, 0.29) is 0 Å². The van der Waals surface area contributed by atoms with Crippen LogP contribution in [0.5, 0.6) is 0 Å². The summed E-state index contributed by atoms with van der Waals surface area (Å²) in [4.78, 5) is 6.89. The minimum absolute atomic E-state index is 0.702. The lowest BCUT2D eigenvalue weighted by molar-refractivity contribution is 1.16. The first-order chi connectivity index (χ1) is 11.6. The highest BCUT2D eigenvalue weighted by Gasteiger charge is 2.10. The molecule has 0 atom stereocenters. The van der Waals surface area contributed by atoms with Gasteiger partial charge in [0.25, 0.3) is 0 Å². The molecule has 0 radical (unpaired) electrons. The maximum Gasteiger partial charge on any atom is 0.194 e. The molecular formula is C18H11BrCl2N2S. The van der Waals surface area contributed by atoms with Crippen LogP contribution in [0.1, 0.15) is 10.4 Å². The van der Waals surface area contributed by atoms with Gasteiger partial charge in [-0.25, -0.2) is 4.98 Å². The molecule has 0 unspecified atom stereocenters. The van der Waals surface area contributed by atoms with E-state index in [1.165, 1.54) is 4.88 Å². The van der Waals surface area contributed by atoms with Crippen molar-refractivity contribution < 1.29 is 0 Å². The van der Waals surface area contributed by atoms with E-state index < -0.39 is 0 Å². The second-order valence-corrected chi connectivity index (χ2v) is 8.29. The average Bonchev–Trinajstić information content (AvgIpc) is 3.10. The molecule has 0 spiro atoms. The number of aromatic nitrogens is 2. The van der Waals surface area contributed by atoms with Crippen molar-refractivity contribution in [2.24, 2.45) is 0 Å². The van der Waals surface area contributed by atoms with Crippen LogP contribution in [-0.4, -0.2) is 9.38 Å². The first-order valence-corrected chi connectivity index (χ1v) is 9.62. The molecule has 4 rings (SSSR count). The Balaban J connectivity index is 1.64. The van der Waals surface area contributed by atoms with Gasteiger partial charge in [-0.1, -0.05) is 51.3 Å². The zero-order valence-electron chi connectivity index (χ0n) is 12.3. The van der Waals surface area contributed by atoms with E-state index in [2.05, 4.69) is 44.9 Å². The van der Waals surface area contributed by atoms with Crippen molar-refractivity contribution >= 4 is 55.4 Å². The quantitative estimate of drug-likeness (QED) is 0.347. The van der Waals surface area contributed by atoms with Gasteiger partial charge < -0.3 is 0 Å². The van der Waals surface area contributed by atoms with Crippen LogP contribution in [0.2, 0.25) is 10.0 Å². The number of fused-ring (bicyclic) bond motifs is 1. The minimum Gasteiger partial charge on any atom is -0.297 e. The van der Waals surface area contributed by atoms with Crippen LogP contribution < -0.4 is 0 Å². The van der Waals surface area contributed by atoms with Gasteiger partial charge in [0.1, 0.15) is 0 Å². The molecule has 0 aliphatic carbocycles. The van der Waals surface area contributed by atoms with Crippen LogP contribution >= 0.6 is 50.5 Å². The molecule has 2 heterocycles. The van der Waals surface area contributed by atoms with E-state index in [4.69, 9.17) is 28.2 Å². The smallest absolute Gasteiger partial charge is 0.194 e. The summed E-state index contributed by atoms with van der Waals surface area (Å²) in [7, 11) is 0. The standard InChI is InChI=1S/C18H11BrCl2N2S/c19-13-3-1-11(2-4-13)17-10-23-9-15(24-18(23)22-17)8-12-7-14(20)5-6-16(12)21/h1-7,9-10H,8H2. The molecule has 0 saturated carbocycles. The molecule has 0 amide bonds. The van der Waals surface area contributed by atoms with Crippen LogP contribution in [0.4, 0.5) is 0 Å². The summed E-state index contributed by atoms with van der Waals surface area (Å²) in [5, 5.41) is 1.44. The number of thiazole rings is 1. The van der Waals surface area contributed by atoms with Crippen LogP contribution in [0.15, 0.2) is 59.3 Å². The van der Waals surface area contributed by atoms with Gasteiger partial charge >= 0.3 is 0 Å². The Hall–Kier alpha value is -1.33. The number of benzene rings is 2. The van der Waals surface area contributed by atoms with Crippen LogP contribution in [-0.2, 0) is 6.42 Å². The van der Waals surface area contributed by atoms with Crippen molar-refractivity contribution in [3.63, 3.8) is 0 Å². The molecule has 4 aromatic rings. The Morgan fingerprint density at radius 1 is 1.04 bits per heavy atom. The van der Waals surface area contributed by atoms with Crippen molar-refractivity contribution in [1.82, 2.24) is 9.38 Å². The lowest BCUT2D eigenvalue weighted by Crippen LogP contribution is -1.87. The molecule has 2 aromatic carbocycles. The lowest BCUT2D eigenvalue weighted by atomic mass is 10.1. The van der Waals surface area contributed by atoms with Gasteiger partial charge in [-0.05, 0) is 35.9 Å². The number of hydrogen-bond donors (Lipinski definition) is 0. The van der Waals surface area contributed by atoms with Crippen molar-refractivity contribution in [3.8, 4) is 11.3 Å². The van der Waals surface area contributed by atoms with E-state index in [1.807, 2.05) is 24.3 Å². The van der Waals surface area contributed by atoms with Gasteiger partial charge in [-0.15, -0.1) is 11.3 Å². The fraction of sp³-hybridized carbons (Fsp3) is 0.0556. The van der Waals surface area contributed by atoms with Gasteiger partial charge in [-0.3, -0.25) is 4.40 Å². The van der Waals surface area contributed by atoms with Crippen molar-refractivity contribution in [2.45, 2.75) is 6.42 Å². The summed E-state index contributed by atoms with van der Waals surface area (Å²) in [5.74, 6) is 0. The highest BCUT2D eigenvalue weighted by Crippen LogP contribution is 2.29. The molecule has 2 nitrogen and oxygen atoms in total. The average molecular weight is 438 g/mol. The van der Waals surface area contributed by atoms with E-state index in [9.17, 15) is 0 Å². The number of rotatable bonds is 3. The predicted molar refractivity (Wildman–Crippen MR) is 105 cm³/mol. The SMILES string of the molecule is Clc1ccc(Cl)c(Cc2cn3cc(-c4ccc(Br)cc4)nc3s2)c1. The number of halogens is 3. The Bertz CT molecular complexity index is 990. The summed E-state index contributed by atoms with van der Waals surface area (Å²) in [6.45, 7) is 0. The third-order valence-corrected chi connectivity index (χ3v) is 5.85. The molecule has 0 aliphatic rings. The second kappa shape index (κ2) is 6.52. The first-order valence-electron chi connectivity index (χ1n) is 7.26. The fourth-order valence-electron chi connectivity index (χ4n) is 2.55. The summed E-state index contributed by atoms with van der Waals surface area (Å²) in [5.41, 5.74) is 3.11. The summed E-state index contributed by atoms with van der Waals surface area (Å²) in [6.07, 6.45) is 4.91. The van der Waals surface area contributed by atoms with Gasteiger partial charge in [0, 0.05) is 43.8 Å². The molecule has 0 N–H and O–H groups in total. The normalized spacial score (nSPS) is 11.3. The largest absolute Gasteiger partial charge is 0.297 e. The molecule has 0 aliphatic heterocycles. The van der Waals surface area contributed by atoms with Crippen molar-refractivity contribution in [1.29, 1.82) is 0 Å². The van der Waals surface area contributed by atoms with Gasteiger partial charge in [0.15, 0.2) is 4.96 Å². The molecule has 24 heavy (non-hydrogen) atoms. The summed E-state index contributed by atoms with van der Waals surface area (Å²) < 4.78 is 3.13. The molecule has 6 heteroatoms. The predicted octanol–water partition coefficient (Wildman–Crippen LogP) is 6.72. The zero-order chi connectivity index (χ0) is 16.7. The molecule has 0 bridgehead atoms. The zero-order valence-corrected chi connectivity index (χ0v) is 16.3. The topological polar surface area (TPSA) is 17.3 Å². The lowest BCUT2D eigenvalue weighted by Gasteiger charge is -2.02. The monoisotopic (exact) mass is 436 g/mol. The number of hydrogen-bond acceptors (Lipinski definition) is 2. The summed E-state index contributed by atoms with van der Waals surface area (Å²) >= 11 is 17.4. The Morgan fingerprint density at radius 3 is 2.58 bits per heavy atom. The fourth-order valence-corrected chi connectivity index (χ4v) is 4.18. The summed E-state index contributed by atoms with van der Waals surface area (Å²) in [6, 6.07) is 13.7. The van der Waals surface area contributed by atoms with Crippen molar-refractivity contribution in [3.05, 3.63) is 79.8 Å². The van der Waals surface area contributed by atoms with Crippen LogP contribution in [0.3, 0.4) is 0 Å². The maximum atomic E-state index is 6.26. The molecule has 0 saturated heterocycles. The minimum atomic E-state index is 0.702. The van der Waals surface area contributed by atoms with E-state index in [0.29, 0.717) is 5.02 Å². The number of nitrogens with zero attached hydrogens (tertiary/aromatic N) is 2. The Kier molecular flexibility index (Phi) is 4.39. The highest BCUT2D eigenvalue weighted by molar-refractivity contribution is 9.10. The van der Waals surface area contributed by atoms with Gasteiger partial charge in [0.2, 0.25) is 0 Å². The molecular weight excluding hydrogens is 427 g/mol. The van der Waals surface area contributed by atoms with Crippen LogP contribution in [0.25, 0.3) is 16.2 Å². The van der Waals surface area contributed by atoms with Crippen LogP contribution in [0, 0.1) is 0 Å². The van der Waals surface area contributed by atoms with Crippen molar-refractivity contribution in [2.75, 3.05) is 0 Å². The third-order valence-electron chi connectivity index (χ3n) is 3.72. The number of imidazole rings is 1. The molecule has 120 valence electrons. The third kappa shape index (κ3) is 3.24. The highest BCUT2D eigenvalue weighted by atomic mass is 79.9. The first kappa shape index (κ1) is 16.2. The second-order valence-electron chi connectivity index (χ2n) is 5.43. The maximum absolute atomic E-state index is 6.26. The van der Waals surface area contributed by atoms with Gasteiger partial charge in [-0.2, -0.15) is 0 Å². The van der Waals surface area contributed by atoms with E-state index >= 15 is 0 Å². The Labute approximate surface area is 161 Å². The molecule has 2 aromatic heterocycles. The van der Waals surface area contributed by atoms with E-state index in [0.717, 1.165) is 37.7 Å². The Morgan fingerprint density at radius 2 is 1.83 bits per heavy atom. The van der Waals surface area contributed by atoms with E-state index in [1.54, 1.807) is 17.4 Å². The van der Waals surface area contributed by atoms with Gasteiger partial charge in [0.05, 0.1) is 5.69 Å².